The van der Waals surface area contributed by atoms with Crippen molar-refractivity contribution in [3.05, 3.63) is 22.3 Å². The second-order valence-corrected chi connectivity index (χ2v) is 5.59. The van der Waals surface area contributed by atoms with Gasteiger partial charge in [0.15, 0.2) is 0 Å². The molecule has 2 heterocycles. The minimum Gasteiger partial charge on any atom is -0.357 e. The number of aromatic nitrogens is 1. The number of nitrogens with zero attached hydrogens (tertiary/aromatic N) is 2. The maximum Gasteiger partial charge on any atom is 0.128 e. The largest absolute Gasteiger partial charge is 0.357 e. The first-order valence-corrected chi connectivity index (χ1v) is 7.03. The number of halogens is 1. The van der Waals surface area contributed by atoms with Gasteiger partial charge in [-0.3, -0.25) is 0 Å². The van der Waals surface area contributed by atoms with E-state index in [0.29, 0.717) is 6.04 Å². The predicted octanol–water partition coefficient (Wildman–Crippen LogP) is 2.73. The first-order chi connectivity index (χ1) is 8.18. The fraction of sp³-hybridized carbons (Fsp3) is 0.615. The highest BCUT2D eigenvalue weighted by molar-refractivity contribution is 9.10. The Bertz CT molecular complexity index is 373. The molecule has 1 fully saturated rings. The van der Waals surface area contributed by atoms with Crippen molar-refractivity contribution in [3.63, 3.8) is 0 Å². The van der Waals surface area contributed by atoms with Crippen LogP contribution in [0.2, 0.25) is 0 Å². The molecule has 1 atom stereocenters. The summed E-state index contributed by atoms with van der Waals surface area (Å²) in [5.41, 5.74) is 1.24. The molecule has 1 aromatic heterocycles. The summed E-state index contributed by atoms with van der Waals surface area (Å²) >= 11 is 3.50. The average molecular weight is 298 g/mol. The zero-order chi connectivity index (χ0) is 12.3. The van der Waals surface area contributed by atoms with Gasteiger partial charge in [0.2, 0.25) is 0 Å². The van der Waals surface area contributed by atoms with Crippen molar-refractivity contribution in [2.75, 3.05) is 25.0 Å². The zero-order valence-corrected chi connectivity index (χ0v) is 12.1. The smallest absolute Gasteiger partial charge is 0.128 e. The van der Waals surface area contributed by atoms with Crippen molar-refractivity contribution in [1.29, 1.82) is 0 Å². The van der Waals surface area contributed by atoms with E-state index in [1.807, 2.05) is 6.20 Å². The van der Waals surface area contributed by atoms with Crippen molar-refractivity contribution >= 4 is 21.7 Å². The molecule has 94 valence electrons. The Morgan fingerprint density at radius 2 is 2.24 bits per heavy atom. The zero-order valence-electron chi connectivity index (χ0n) is 10.5. The SMILES string of the molecule is Cc1cc(N(C)C2CCCNCC2)ncc1Br. The summed E-state index contributed by atoms with van der Waals surface area (Å²) in [7, 11) is 2.16. The molecule has 0 amide bonds. The average Bonchev–Trinajstić information content (AvgIpc) is 2.60. The fourth-order valence-electron chi connectivity index (χ4n) is 2.29. The Hall–Kier alpha value is -0.610. The number of pyridine rings is 1. The van der Waals surface area contributed by atoms with Crippen molar-refractivity contribution in [1.82, 2.24) is 10.3 Å². The quantitative estimate of drug-likeness (QED) is 0.910. The first-order valence-electron chi connectivity index (χ1n) is 6.24. The fourth-order valence-corrected chi connectivity index (χ4v) is 2.51. The lowest BCUT2D eigenvalue weighted by molar-refractivity contribution is 0.562. The molecule has 1 unspecified atom stereocenters. The van der Waals surface area contributed by atoms with E-state index in [-0.39, 0.29) is 0 Å². The van der Waals surface area contributed by atoms with Crippen molar-refractivity contribution in [2.45, 2.75) is 32.2 Å². The molecular weight excluding hydrogens is 278 g/mol. The van der Waals surface area contributed by atoms with Gasteiger partial charge in [-0.15, -0.1) is 0 Å². The van der Waals surface area contributed by atoms with E-state index in [4.69, 9.17) is 0 Å². The van der Waals surface area contributed by atoms with Gasteiger partial charge in [-0.2, -0.15) is 0 Å². The molecule has 17 heavy (non-hydrogen) atoms. The van der Waals surface area contributed by atoms with Gasteiger partial charge in [0.1, 0.15) is 5.82 Å². The Morgan fingerprint density at radius 3 is 3.00 bits per heavy atom. The van der Waals surface area contributed by atoms with Crippen LogP contribution in [0.5, 0.6) is 0 Å². The maximum atomic E-state index is 4.50. The van der Waals surface area contributed by atoms with Gasteiger partial charge in [0, 0.05) is 23.8 Å². The second-order valence-electron chi connectivity index (χ2n) is 4.74. The van der Waals surface area contributed by atoms with Gasteiger partial charge >= 0.3 is 0 Å². The third kappa shape index (κ3) is 3.19. The predicted molar refractivity (Wildman–Crippen MR) is 75.6 cm³/mol. The standard InChI is InChI=1S/C13H20BrN3/c1-10-8-13(16-9-12(10)14)17(2)11-4-3-6-15-7-5-11/h8-9,11,15H,3-7H2,1-2H3. The van der Waals surface area contributed by atoms with E-state index in [0.717, 1.165) is 23.4 Å². The molecule has 1 aliphatic heterocycles. The van der Waals surface area contributed by atoms with Crippen LogP contribution in [-0.2, 0) is 0 Å². The highest BCUT2D eigenvalue weighted by Gasteiger charge is 2.18. The molecule has 4 heteroatoms. The molecule has 1 aromatic rings. The summed E-state index contributed by atoms with van der Waals surface area (Å²) < 4.78 is 1.08. The number of rotatable bonds is 2. The molecule has 0 radical (unpaired) electrons. The lowest BCUT2D eigenvalue weighted by Gasteiger charge is -2.28. The Kier molecular flexibility index (Phi) is 4.40. The van der Waals surface area contributed by atoms with Crippen LogP contribution in [0.4, 0.5) is 5.82 Å². The lowest BCUT2D eigenvalue weighted by atomic mass is 10.1. The van der Waals surface area contributed by atoms with E-state index in [1.165, 1.54) is 24.8 Å². The highest BCUT2D eigenvalue weighted by Crippen LogP contribution is 2.23. The normalized spacial score (nSPS) is 21.0. The minimum absolute atomic E-state index is 0.609. The molecule has 0 saturated carbocycles. The van der Waals surface area contributed by atoms with Gasteiger partial charge in [-0.1, -0.05) is 0 Å². The van der Waals surface area contributed by atoms with Crippen molar-refractivity contribution < 1.29 is 0 Å². The lowest BCUT2D eigenvalue weighted by Crippen LogP contribution is -2.33. The topological polar surface area (TPSA) is 28.2 Å². The van der Waals surface area contributed by atoms with Crippen LogP contribution in [0.15, 0.2) is 16.7 Å². The molecule has 3 nitrogen and oxygen atoms in total. The van der Waals surface area contributed by atoms with Gasteiger partial charge in [0.05, 0.1) is 0 Å². The van der Waals surface area contributed by atoms with Gasteiger partial charge in [-0.25, -0.2) is 4.98 Å². The minimum atomic E-state index is 0.609. The van der Waals surface area contributed by atoms with E-state index in [9.17, 15) is 0 Å². The Morgan fingerprint density at radius 1 is 1.41 bits per heavy atom. The van der Waals surface area contributed by atoms with Gasteiger partial charge < -0.3 is 10.2 Å². The van der Waals surface area contributed by atoms with E-state index in [1.54, 1.807) is 0 Å². The van der Waals surface area contributed by atoms with Crippen LogP contribution in [0.25, 0.3) is 0 Å². The van der Waals surface area contributed by atoms with Crippen LogP contribution in [0.3, 0.4) is 0 Å². The van der Waals surface area contributed by atoms with Crippen LogP contribution in [-0.4, -0.2) is 31.2 Å². The Labute approximate surface area is 112 Å². The molecule has 0 aromatic carbocycles. The first kappa shape index (κ1) is 12.8. The van der Waals surface area contributed by atoms with Crippen molar-refractivity contribution in [3.8, 4) is 0 Å². The Balaban J connectivity index is 2.11. The van der Waals surface area contributed by atoms with Crippen LogP contribution >= 0.6 is 15.9 Å². The number of anilines is 1. The summed E-state index contributed by atoms with van der Waals surface area (Å²) in [6.07, 6.45) is 5.61. The third-order valence-corrected chi connectivity index (χ3v) is 4.32. The monoisotopic (exact) mass is 297 g/mol. The summed E-state index contributed by atoms with van der Waals surface area (Å²) in [4.78, 5) is 6.83. The summed E-state index contributed by atoms with van der Waals surface area (Å²) in [5.74, 6) is 1.08. The molecule has 1 saturated heterocycles. The molecule has 1 N–H and O–H groups in total. The van der Waals surface area contributed by atoms with Crippen LogP contribution in [0, 0.1) is 6.92 Å². The van der Waals surface area contributed by atoms with E-state index >= 15 is 0 Å². The molecule has 0 bridgehead atoms. The summed E-state index contributed by atoms with van der Waals surface area (Å²) in [6, 6.07) is 2.76. The van der Waals surface area contributed by atoms with Gasteiger partial charge in [0.25, 0.3) is 0 Å². The van der Waals surface area contributed by atoms with E-state index < -0.39 is 0 Å². The highest BCUT2D eigenvalue weighted by atomic mass is 79.9. The van der Waals surface area contributed by atoms with Gasteiger partial charge in [-0.05, 0) is 66.8 Å². The molecule has 0 aliphatic carbocycles. The molecule has 1 aliphatic rings. The van der Waals surface area contributed by atoms with Crippen molar-refractivity contribution in [2.24, 2.45) is 0 Å². The number of aryl methyl sites for hydroxylation is 1. The molecule has 0 spiro atoms. The molecular formula is C13H20BrN3. The maximum absolute atomic E-state index is 4.50. The number of hydrogen-bond donors (Lipinski definition) is 1. The number of hydrogen-bond acceptors (Lipinski definition) is 3. The number of nitrogens with one attached hydrogen (secondary N) is 1. The van der Waals surface area contributed by atoms with E-state index in [2.05, 4.69) is 51.2 Å². The second kappa shape index (κ2) is 5.83. The third-order valence-electron chi connectivity index (χ3n) is 3.49. The summed E-state index contributed by atoms with van der Waals surface area (Å²) in [5, 5.41) is 3.45. The molecule has 2 rings (SSSR count). The summed E-state index contributed by atoms with van der Waals surface area (Å²) in [6.45, 7) is 4.37. The van der Waals surface area contributed by atoms with Crippen LogP contribution < -0.4 is 10.2 Å². The van der Waals surface area contributed by atoms with Crippen LogP contribution in [0.1, 0.15) is 24.8 Å².